The summed E-state index contributed by atoms with van der Waals surface area (Å²) in [4.78, 5) is 2.08. The van der Waals surface area contributed by atoms with Crippen molar-refractivity contribution >= 4 is 5.69 Å². The zero-order valence-corrected chi connectivity index (χ0v) is 10.7. The summed E-state index contributed by atoms with van der Waals surface area (Å²) in [6, 6.07) is 10.3. The molecule has 0 aliphatic carbocycles. The molecule has 0 aliphatic heterocycles. The Kier molecular flexibility index (Phi) is 8.95. The Balaban J connectivity index is 0.000000288. The molecule has 1 aromatic rings. The van der Waals surface area contributed by atoms with Crippen molar-refractivity contribution in [2.24, 2.45) is 0 Å². The number of unbranched alkanes of at least 4 members (excludes halogenated alkanes) is 3. The molecular weight excluding hydrogens is 182 g/mol. The van der Waals surface area contributed by atoms with Crippen LogP contribution in [0.15, 0.2) is 30.3 Å². The maximum Gasteiger partial charge on any atom is 0.0360 e. The Labute approximate surface area is 95.1 Å². The lowest BCUT2D eigenvalue weighted by molar-refractivity contribution is 0.702. The van der Waals surface area contributed by atoms with E-state index >= 15 is 0 Å². The smallest absolute Gasteiger partial charge is 0.0360 e. The van der Waals surface area contributed by atoms with E-state index in [1.807, 2.05) is 32.3 Å². The minimum Gasteiger partial charge on any atom is -0.378 e. The molecule has 0 fully saturated rings. The molecule has 0 saturated carbocycles. The lowest BCUT2D eigenvalue weighted by Crippen LogP contribution is -2.07. The Morgan fingerprint density at radius 1 is 0.867 bits per heavy atom. The Bertz CT molecular complexity index is 212. The molecule has 0 spiro atoms. The van der Waals surface area contributed by atoms with E-state index in [-0.39, 0.29) is 0 Å². The SMILES string of the molecule is CCCCCC.CN(C)c1ccccc1. The van der Waals surface area contributed by atoms with Crippen molar-refractivity contribution in [3.63, 3.8) is 0 Å². The zero-order valence-electron chi connectivity index (χ0n) is 10.7. The van der Waals surface area contributed by atoms with E-state index in [9.17, 15) is 0 Å². The fraction of sp³-hybridized carbons (Fsp3) is 0.571. The van der Waals surface area contributed by atoms with Crippen LogP contribution in [0.4, 0.5) is 5.69 Å². The van der Waals surface area contributed by atoms with Crippen molar-refractivity contribution in [3.05, 3.63) is 30.3 Å². The summed E-state index contributed by atoms with van der Waals surface area (Å²) in [7, 11) is 4.07. The van der Waals surface area contributed by atoms with Gasteiger partial charge in [0.05, 0.1) is 0 Å². The normalized spacial score (nSPS) is 9.07. The van der Waals surface area contributed by atoms with E-state index in [4.69, 9.17) is 0 Å². The second kappa shape index (κ2) is 9.57. The molecule has 86 valence electrons. The van der Waals surface area contributed by atoms with Crippen molar-refractivity contribution in [1.82, 2.24) is 0 Å². The van der Waals surface area contributed by atoms with Crippen LogP contribution in [-0.4, -0.2) is 14.1 Å². The average molecular weight is 207 g/mol. The van der Waals surface area contributed by atoms with Gasteiger partial charge in [-0.1, -0.05) is 57.7 Å². The second-order valence-corrected chi connectivity index (χ2v) is 3.94. The summed E-state index contributed by atoms with van der Waals surface area (Å²) >= 11 is 0. The summed E-state index contributed by atoms with van der Waals surface area (Å²) in [6.45, 7) is 4.46. The maximum atomic E-state index is 2.23. The van der Waals surface area contributed by atoms with Gasteiger partial charge < -0.3 is 4.90 Å². The van der Waals surface area contributed by atoms with Gasteiger partial charge in [-0.2, -0.15) is 0 Å². The van der Waals surface area contributed by atoms with Gasteiger partial charge in [0, 0.05) is 19.8 Å². The van der Waals surface area contributed by atoms with Crippen molar-refractivity contribution in [3.8, 4) is 0 Å². The van der Waals surface area contributed by atoms with Gasteiger partial charge in [-0.3, -0.25) is 0 Å². The van der Waals surface area contributed by atoms with Crippen molar-refractivity contribution in [2.75, 3.05) is 19.0 Å². The molecule has 0 amide bonds. The standard InChI is InChI=1S/C8H11N.C6H14/c1-9(2)8-6-4-3-5-7-8;1-3-5-6-4-2/h3-7H,1-2H3;3-6H2,1-2H3. The first-order valence-corrected chi connectivity index (χ1v) is 5.94. The number of rotatable bonds is 4. The van der Waals surface area contributed by atoms with Gasteiger partial charge in [0.15, 0.2) is 0 Å². The molecule has 0 heterocycles. The number of anilines is 1. The lowest BCUT2D eigenvalue weighted by atomic mass is 10.2. The van der Waals surface area contributed by atoms with Crippen LogP contribution in [0.1, 0.15) is 39.5 Å². The highest BCUT2D eigenvalue weighted by atomic mass is 15.1. The highest BCUT2D eigenvalue weighted by Gasteiger charge is 1.87. The molecule has 0 radical (unpaired) electrons. The number of benzene rings is 1. The molecule has 0 saturated heterocycles. The Morgan fingerprint density at radius 3 is 1.60 bits per heavy atom. The number of para-hydroxylation sites is 1. The molecule has 0 aromatic heterocycles. The molecule has 0 atom stereocenters. The van der Waals surface area contributed by atoms with Crippen LogP contribution in [0.2, 0.25) is 0 Å². The third-order valence-corrected chi connectivity index (χ3v) is 2.23. The summed E-state index contributed by atoms with van der Waals surface area (Å²) in [5, 5.41) is 0. The topological polar surface area (TPSA) is 3.24 Å². The van der Waals surface area contributed by atoms with Gasteiger partial charge in [-0.25, -0.2) is 0 Å². The minimum atomic E-state index is 1.25. The van der Waals surface area contributed by atoms with Crippen LogP contribution in [-0.2, 0) is 0 Å². The van der Waals surface area contributed by atoms with Crippen LogP contribution in [0.5, 0.6) is 0 Å². The summed E-state index contributed by atoms with van der Waals surface area (Å²) < 4.78 is 0. The number of hydrogen-bond donors (Lipinski definition) is 0. The lowest BCUT2D eigenvalue weighted by Gasteiger charge is -2.10. The second-order valence-electron chi connectivity index (χ2n) is 3.94. The third-order valence-electron chi connectivity index (χ3n) is 2.23. The first-order chi connectivity index (χ1) is 7.22. The molecule has 1 rings (SSSR count). The van der Waals surface area contributed by atoms with Gasteiger partial charge in [-0.05, 0) is 12.1 Å². The average Bonchev–Trinajstić information content (AvgIpc) is 2.28. The molecule has 1 nitrogen and oxygen atoms in total. The van der Waals surface area contributed by atoms with E-state index in [2.05, 4.69) is 30.9 Å². The van der Waals surface area contributed by atoms with Gasteiger partial charge in [-0.15, -0.1) is 0 Å². The van der Waals surface area contributed by atoms with Crippen LogP contribution >= 0.6 is 0 Å². The van der Waals surface area contributed by atoms with Gasteiger partial charge in [0.2, 0.25) is 0 Å². The number of hydrogen-bond acceptors (Lipinski definition) is 1. The molecule has 15 heavy (non-hydrogen) atoms. The molecular formula is C14H25N. The minimum absolute atomic E-state index is 1.25. The van der Waals surface area contributed by atoms with Gasteiger partial charge in [0.1, 0.15) is 0 Å². The van der Waals surface area contributed by atoms with E-state index < -0.39 is 0 Å². The highest BCUT2D eigenvalue weighted by Crippen LogP contribution is 2.07. The van der Waals surface area contributed by atoms with Crippen LogP contribution in [0.3, 0.4) is 0 Å². The van der Waals surface area contributed by atoms with E-state index in [0.29, 0.717) is 0 Å². The zero-order chi connectivity index (χ0) is 11.5. The van der Waals surface area contributed by atoms with Crippen LogP contribution < -0.4 is 4.90 Å². The molecule has 0 bridgehead atoms. The first kappa shape index (κ1) is 14.0. The van der Waals surface area contributed by atoms with Crippen LogP contribution in [0, 0.1) is 0 Å². The van der Waals surface area contributed by atoms with E-state index in [0.717, 1.165) is 0 Å². The highest BCUT2D eigenvalue weighted by molar-refractivity contribution is 5.43. The predicted molar refractivity (Wildman–Crippen MR) is 70.6 cm³/mol. The Hall–Kier alpha value is -0.980. The third kappa shape index (κ3) is 8.04. The van der Waals surface area contributed by atoms with E-state index in [1.54, 1.807) is 0 Å². The first-order valence-electron chi connectivity index (χ1n) is 5.94. The molecule has 1 heteroatoms. The summed E-state index contributed by atoms with van der Waals surface area (Å²) in [5.74, 6) is 0. The van der Waals surface area contributed by atoms with Gasteiger partial charge in [0.25, 0.3) is 0 Å². The maximum absolute atomic E-state index is 2.23. The van der Waals surface area contributed by atoms with Crippen molar-refractivity contribution in [2.45, 2.75) is 39.5 Å². The van der Waals surface area contributed by atoms with Gasteiger partial charge >= 0.3 is 0 Å². The predicted octanol–water partition coefficient (Wildman–Crippen LogP) is 4.34. The van der Waals surface area contributed by atoms with Crippen molar-refractivity contribution < 1.29 is 0 Å². The van der Waals surface area contributed by atoms with E-state index in [1.165, 1.54) is 31.4 Å². The summed E-state index contributed by atoms with van der Waals surface area (Å²) in [6.07, 6.45) is 5.54. The molecule has 0 aliphatic rings. The summed E-state index contributed by atoms with van der Waals surface area (Å²) in [5.41, 5.74) is 1.25. The largest absolute Gasteiger partial charge is 0.378 e. The molecule has 0 unspecified atom stereocenters. The fourth-order valence-electron chi connectivity index (χ4n) is 1.23. The monoisotopic (exact) mass is 207 g/mol. The molecule has 0 N–H and O–H groups in total. The quantitative estimate of drug-likeness (QED) is 0.664. The Morgan fingerprint density at radius 2 is 1.33 bits per heavy atom. The van der Waals surface area contributed by atoms with Crippen LogP contribution in [0.25, 0.3) is 0 Å². The fourth-order valence-corrected chi connectivity index (χ4v) is 1.23. The molecule has 1 aromatic carbocycles. The van der Waals surface area contributed by atoms with Crippen molar-refractivity contribution in [1.29, 1.82) is 0 Å². The number of nitrogens with zero attached hydrogens (tertiary/aromatic N) is 1.